The largest absolute Gasteiger partial charge is 0.336 e. The lowest BCUT2D eigenvalue weighted by molar-refractivity contribution is 0.629. The van der Waals surface area contributed by atoms with E-state index < -0.39 is 0 Å². The van der Waals surface area contributed by atoms with E-state index in [9.17, 15) is 4.39 Å². The SMILES string of the molecule is Fc1ccccc1-c1ccc2n1Cc1ccccc1-2. The van der Waals surface area contributed by atoms with Gasteiger partial charge in [0, 0.05) is 23.4 Å². The highest BCUT2D eigenvalue weighted by atomic mass is 19.1. The van der Waals surface area contributed by atoms with Gasteiger partial charge in [-0.05, 0) is 29.8 Å². The zero-order chi connectivity index (χ0) is 12.8. The Kier molecular flexibility index (Phi) is 2.12. The fourth-order valence-corrected chi connectivity index (χ4v) is 2.86. The molecule has 4 rings (SSSR count). The van der Waals surface area contributed by atoms with Crippen molar-refractivity contribution < 1.29 is 4.39 Å². The molecule has 0 aliphatic carbocycles. The number of fused-ring (bicyclic) bond motifs is 3. The highest BCUT2D eigenvalue weighted by molar-refractivity contribution is 5.75. The highest BCUT2D eigenvalue weighted by Crippen LogP contribution is 2.37. The molecule has 1 nitrogen and oxygen atoms in total. The van der Waals surface area contributed by atoms with Crippen molar-refractivity contribution >= 4 is 0 Å². The molecule has 2 heteroatoms. The van der Waals surface area contributed by atoms with E-state index in [1.165, 1.54) is 22.9 Å². The van der Waals surface area contributed by atoms with Gasteiger partial charge < -0.3 is 4.57 Å². The van der Waals surface area contributed by atoms with E-state index in [2.05, 4.69) is 22.8 Å². The van der Waals surface area contributed by atoms with Crippen LogP contribution in [0.5, 0.6) is 0 Å². The van der Waals surface area contributed by atoms with Gasteiger partial charge in [-0.25, -0.2) is 4.39 Å². The molecule has 1 aliphatic heterocycles. The summed E-state index contributed by atoms with van der Waals surface area (Å²) in [6.07, 6.45) is 0. The number of halogens is 1. The van der Waals surface area contributed by atoms with E-state index in [-0.39, 0.29) is 5.82 Å². The molecule has 92 valence electrons. The second kappa shape index (κ2) is 3.82. The monoisotopic (exact) mass is 249 g/mol. The molecule has 1 aromatic heterocycles. The number of benzene rings is 2. The third kappa shape index (κ3) is 1.46. The summed E-state index contributed by atoms with van der Waals surface area (Å²) >= 11 is 0. The number of aromatic nitrogens is 1. The molecule has 0 saturated heterocycles. The molecule has 0 radical (unpaired) electrons. The number of hydrogen-bond donors (Lipinski definition) is 0. The van der Waals surface area contributed by atoms with Crippen LogP contribution in [0.2, 0.25) is 0 Å². The van der Waals surface area contributed by atoms with Crippen LogP contribution in [0.15, 0.2) is 60.7 Å². The van der Waals surface area contributed by atoms with Crippen LogP contribution < -0.4 is 0 Å². The van der Waals surface area contributed by atoms with Gasteiger partial charge in [0.15, 0.2) is 0 Å². The highest BCUT2D eigenvalue weighted by Gasteiger charge is 2.21. The Morgan fingerprint density at radius 1 is 0.737 bits per heavy atom. The van der Waals surface area contributed by atoms with Gasteiger partial charge in [0.25, 0.3) is 0 Å². The van der Waals surface area contributed by atoms with Crippen LogP contribution in [0.25, 0.3) is 22.5 Å². The van der Waals surface area contributed by atoms with E-state index in [1.54, 1.807) is 6.07 Å². The van der Waals surface area contributed by atoms with Gasteiger partial charge in [-0.3, -0.25) is 0 Å². The van der Waals surface area contributed by atoms with Gasteiger partial charge in [0.05, 0.1) is 5.69 Å². The summed E-state index contributed by atoms with van der Waals surface area (Å²) in [5, 5.41) is 0. The van der Waals surface area contributed by atoms with E-state index in [0.29, 0.717) is 5.56 Å². The second-order valence-corrected chi connectivity index (χ2v) is 4.83. The first-order chi connectivity index (χ1) is 9.34. The molecule has 2 heterocycles. The van der Waals surface area contributed by atoms with Crippen LogP contribution in [0, 0.1) is 5.82 Å². The summed E-state index contributed by atoms with van der Waals surface area (Å²) in [4.78, 5) is 0. The zero-order valence-corrected chi connectivity index (χ0v) is 10.3. The molecule has 19 heavy (non-hydrogen) atoms. The minimum atomic E-state index is -0.167. The Labute approximate surface area is 110 Å². The summed E-state index contributed by atoms with van der Waals surface area (Å²) in [7, 11) is 0. The lowest BCUT2D eigenvalue weighted by Gasteiger charge is -2.07. The summed E-state index contributed by atoms with van der Waals surface area (Å²) in [6.45, 7) is 0.822. The molecule has 0 atom stereocenters. The van der Waals surface area contributed by atoms with E-state index in [4.69, 9.17) is 0 Å². The van der Waals surface area contributed by atoms with E-state index in [1.807, 2.05) is 30.3 Å². The fourth-order valence-electron chi connectivity index (χ4n) is 2.86. The van der Waals surface area contributed by atoms with Gasteiger partial charge in [-0.2, -0.15) is 0 Å². The maximum atomic E-state index is 13.9. The fraction of sp³-hybridized carbons (Fsp3) is 0.0588. The van der Waals surface area contributed by atoms with E-state index >= 15 is 0 Å². The Morgan fingerprint density at radius 3 is 2.16 bits per heavy atom. The van der Waals surface area contributed by atoms with Crippen molar-refractivity contribution in [3.63, 3.8) is 0 Å². The summed E-state index contributed by atoms with van der Waals surface area (Å²) < 4.78 is 16.1. The lowest BCUT2D eigenvalue weighted by Crippen LogP contribution is -1.97. The molecule has 0 fully saturated rings. The Bertz CT molecular complexity index is 770. The average Bonchev–Trinajstić information content (AvgIpc) is 2.98. The molecule has 0 saturated carbocycles. The number of hydrogen-bond acceptors (Lipinski definition) is 0. The molecule has 0 N–H and O–H groups in total. The van der Waals surface area contributed by atoms with Gasteiger partial charge in [0.1, 0.15) is 5.82 Å². The third-order valence-electron chi connectivity index (χ3n) is 3.75. The number of rotatable bonds is 1. The standard InChI is InChI=1S/C17H12FN/c18-15-8-4-3-7-14(15)17-10-9-16-13-6-2-1-5-12(13)11-19(16)17/h1-10H,11H2. The van der Waals surface area contributed by atoms with Crippen LogP contribution >= 0.6 is 0 Å². The van der Waals surface area contributed by atoms with Crippen molar-refractivity contribution in [2.75, 3.05) is 0 Å². The van der Waals surface area contributed by atoms with Crippen molar-refractivity contribution in [2.45, 2.75) is 6.54 Å². The Balaban J connectivity index is 1.92. The van der Waals surface area contributed by atoms with Gasteiger partial charge >= 0.3 is 0 Å². The van der Waals surface area contributed by atoms with Crippen LogP contribution in [0.3, 0.4) is 0 Å². The van der Waals surface area contributed by atoms with Crippen LogP contribution in [0.4, 0.5) is 4.39 Å². The lowest BCUT2D eigenvalue weighted by atomic mass is 10.1. The molecule has 0 bridgehead atoms. The maximum absolute atomic E-state index is 13.9. The first-order valence-corrected chi connectivity index (χ1v) is 6.37. The molecular formula is C17H12FN. The number of nitrogens with zero attached hydrogens (tertiary/aromatic N) is 1. The quantitative estimate of drug-likeness (QED) is 0.473. The van der Waals surface area contributed by atoms with Crippen LogP contribution in [0.1, 0.15) is 5.56 Å². The van der Waals surface area contributed by atoms with Crippen molar-refractivity contribution in [2.24, 2.45) is 0 Å². The van der Waals surface area contributed by atoms with Gasteiger partial charge in [-0.1, -0.05) is 36.4 Å². The van der Waals surface area contributed by atoms with Gasteiger partial charge in [-0.15, -0.1) is 0 Å². The van der Waals surface area contributed by atoms with Gasteiger partial charge in [0.2, 0.25) is 0 Å². The molecule has 0 unspecified atom stereocenters. The first kappa shape index (κ1) is 10.6. The predicted molar refractivity (Wildman–Crippen MR) is 74.4 cm³/mol. The molecule has 0 spiro atoms. The molecule has 1 aliphatic rings. The van der Waals surface area contributed by atoms with Crippen molar-refractivity contribution in [3.05, 3.63) is 72.0 Å². The first-order valence-electron chi connectivity index (χ1n) is 6.37. The average molecular weight is 249 g/mol. The normalized spacial score (nSPS) is 12.3. The Hall–Kier alpha value is -2.35. The summed E-state index contributed by atoms with van der Waals surface area (Å²) in [5.41, 5.74) is 5.35. The minimum absolute atomic E-state index is 0.167. The summed E-state index contributed by atoms with van der Waals surface area (Å²) in [5.74, 6) is -0.167. The van der Waals surface area contributed by atoms with E-state index in [0.717, 1.165) is 12.2 Å². The third-order valence-corrected chi connectivity index (χ3v) is 3.75. The molecule has 3 aromatic rings. The molecule has 0 amide bonds. The van der Waals surface area contributed by atoms with Crippen molar-refractivity contribution in [3.8, 4) is 22.5 Å². The molecular weight excluding hydrogens is 237 g/mol. The van der Waals surface area contributed by atoms with Crippen molar-refractivity contribution in [1.29, 1.82) is 0 Å². The Morgan fingerprint density at radius 2 is 1.37 bits per heavy atom. The maximum Gasteiger partial charge on any atom is 0.132 e. The minimum Gasteiger partial charge on any atom is -0.336 e. The van der Waals surface area contributed by atoms with Crippen molar-refractivity contribution in [1.82, 2.24) is 4.57 Å². The second-order valence-electron chi connectivity index (χ2n) is 4.83. The van der Waals surface area contributed by atoms with Crippen LogP contribution in [-0.2, 0) is 6.54 Å². The predicted octanol–water partition coefficient (Wildman–Crippen LogP) is 4.32. The topological polar surface area (TPSA) is 4.93 Å². The van der Waals surface area contributed by atoms with Crippen LogP contribution in [-0.4, -0.2) is 4.57 Å². The summed E-state index contributed by atoms with van der Waals surface area (Å²) in [6, 6.07) is 19.4. The molecule has 2 aromatic carbocycles. The zero-order valence-electron chi connectivity index (χ0n) is 10.3. The smallest absolute Gasteiger partial charge is 0.132 e.